The molecule has 0 heterocycles. The van der Waals surface area contributed by atoms with Gasteiger partial charge in [0.05, 0.1) is 6.61 Å². The van der Waals surface area contributed by atoms with Gasteiger partial charge in [-0.15, -0.1) is 0 Å². The lowest BCUT2D eigenvalue weighted by atomic mass is 9.75. The molecule has 1 fully saturated rings. The maximum absolute atomic E-state index is 10.6. The van der Waals surface area contributed by atoms with Crippen LogP contribution in [0.1, 0.15) is 53.4 Å². The number of hydrogen-bond donors (Lipinski definition) is 0. The minimum Gasteiger partial charge on any atom is -0.466 e. The van der Waals surface area contributed by atoms with Gasteiger partial charge in [-0.25, -0.2) is 0 Å². The molecule has 1 aliphatic rings. The zero-order valence-corrected chi connectivity index (χ0v) is 9.85. The fourth-order valence-electron chi connectivity index (χ4n) is 2.15. The molecule has 0 aromatic rings. The molecule has 0 aromatic heterocycles. The van der Waals surface area contributed by atoms with Crippen molar-refractivity contribution in [2.24, 2.45) is 10.8 Å². The first kappa shape index (κ1) is 11.5. The summed E-state index contributed by atoms with van der Waals surface area (Å²) in [6.45, 7) is 8.99. The van der Waals surface area contributed by atoms with Crippen LogP contribution in [0.2, 0.25) is 0 Å². The molecule has 0 atom stereocenters. The van der Waals surface area contributed by atoms with Gasteiger partial charge in [0.15, 0.2) is 0 Å². The van der Waals surface area contributed by atoms with Crippen molar-refractivity contribution in [3.8, 4) is 0 Å². The van der Waals surface area contributed by atoms with Gasteiger partial charge in [0, 0.05) is 6.92 Å². The van der Waals surface area contributed by atoms with Crippen molar-refractivity contribution in [2.45, 2.75) is 53.4 Å². The topological polar surface area (TPSA) is 26.3 Å². The average molecular weight is 198 g/mol. The second-order valence-corrected chi connectivity index (χ2v) is 5.47. The SMILES string of the molecule is CC(=O)OCCCC1(C(C)(C)C)CC1. The van der Waals surface area contributed by atoms with Crippen molar-refractivity contribution < 1.29 is 9.53 Å². The van der Waals surface area contributed by atoms with Crippen LogP contribution in [0.25, 0.3) is 0 Å². The van der Waals surface area contributed by atoms with Gasteiger partial charge in [-0.3, -0.25) is 4.79 Å². The Morgan fingerprint density at radius 2 is 1.93 bits per heavy atom. The first-order valence-corrected chi connectivity index (χ1v) is 5.51. The highest BCUT2D eigenvalue weighted by atomic mass is 16.5. The lowest BCUT2D eigenvalue weighted by Crippen LogP contribution is -2.22. The van der Waals surface area contributed by atoms with E-state index in [0.29, 0.717) is 17.4 Å². The third-order valence-electron chi connectivity index (χ3n) is 3.55. The van der Waals surface area contributed by atoms with Gasteiger partial charge in [0.25, 0.3) is 0 Å². The Bertz CT molecular complexity index is 209. The molecule has 1 aliphatic carbocycles. The van der Waals surface area contributed by atoms with Crippen LogP contribution in [0.4, 0.5) is 0 Å². The minimum atomic E-state index is -0.161. The monoisotopic (exact) mass is 198 g/mol. The first-order chi connectivity index (χ1) is 6.37. The zero-order chi connectivity index (χ0) is 10.8. The summed E-state index contributed by atoms with van der Waals surface area (Å²) >= 11 is 0. The van der Waals surface area contributed by atoms with Crippen LogP contribution in [-0.2, 0) is 9.53 Å². The van der Waals surface area contributed by atoms with Gasteiger partial charge in [-0.1, -0.05) is 20.8 Å². The average Bonchev–Trinajstić information content (AvgIpc) is 2.77. The van der Waals surface area contributed by atoms with Gasteiger partial charge in [-0.05, 0) is 36.5 Å². The number of ether oxygens (including phenoxy) is 1. The van der Waals surface area contributed by atoms with E-state index in [4.69, 9.17) is 4.74 Å². The third-order valence-corrected chi connectivity index (χ3v) is 3.55. The quantitative estimate of drug-likeness (QED) is 0.512. The molecular formula is C12H22O2. The Labute approximate surface area is 87.0 Å². The molecule has 82 valence electrons. The summed E-state index contributed by atoms with van der Waals surface area (Å²) in [6, 6.07) is 0. The normalized spacial score (nSPS) is 19.1. The van der Waals surface area contributed by atoms with Gasteiger partial charge in [0.1, 0.15) is 0 Å². The number of esters is 1. The molecule has 0 aliphatic heterocycles. The van der Waals surface area contributed by atoms with Gasteiger partial charge in [-0.2, -0.15) is 0 Å². The number of carbonyl (C=O) groups is 1. The fraction of sp³-hybridized carbons (Fsp3) is 0.917. The molecule has 0 radical (unpaired) electrons. The molecule has 0 unspecified atom stereocenters. The zero-order valence-electron chi connectivity index (χ0n) is 9.85. The molecule has 1 saturated carbocycles. The highest BCUT2D eigenvalue weighted by molar-refractivity contribution is 5.65. The summed E-state index contributed by atoms with van der Waals surface area (Å²) in [6.07, 6.45) is 4.90. The van der Waals surface area contributed by atoms with Gasteiger partial charge >= 0.3 is 5.97 Å². The van der Waals surface area contributed by atoms with Crippen LogP contribution in [0.3, 0.4) is 0 Å². The first-order valence-electron chi connectivity index (χ1n) is 5.51. The Balaban J connectivity index is 2.22. The van der Waals surface area contributed by atoms with E-state index in [1.165, 1.54) is 26.2 Å². The fourth-order valence-corrected chi connectivity index (χ4v) is 2.15. The molecule has 2 nitrogen and oxygen atoms in total. The van der Waals surface area contributed by atoms with E-state index in [-0.39, 0.29) is 5.97 Å². The summed E-state index contributed by atoms with van der Waals surface area (Å²) in [4.78, 5) is 10.6. The molecule has 0 amide bonds. The van der Waals surface area contributed by atoms with Crippen molar-refractivity contribution in [1.29, 1.82) is 0 Å². The molecule has 0 aromatic carbocycles. The Morgan fingerprint density at radius 1 is 1.36 bits per heavy atom. The van der Waals surface area contributed by atoms with Crippen LogP contribution >= 0.6 is 0 Å². The minimum absolute atomic E-state index is 0.161. The smallest absolute Gasteiger partial charge is 0.302 e. The van der Waals surface area contributed by atoms with Crippen LogP contribution in [0.5, 0.6) is 0 Å². The largest absolute Gasteiger partial charge is 0.466 e. The van der Waals surface area contributed by atoms with E-state index in [9.17, 15) is 4.79 Å². The second kappa shape index (κ2) is 3.92. The van der Waals surface area contributed by atoms with Crippen molar-refractivity contribution >= 4 is 5.97 Å². The standard InChI is InChI=1S/C12H22O2/c1-10(13)14-9-5-6-12(7-8-12)11(2,3)4/h5-9H2,1-4H3. The summed E-state index contributed by atoms with van der Waals surface area (Å²) in [5.41, 5.74) is 0.941. The predicted molar refractivity (Wildman–Crippen MR) is 57.0 cm³/mol. The van der Waals surface area contributed by atoms with E-state index in [0.717, 1.165) is 6.42 Å². The highest BCUT2D eigenvalue weighted by Crippen LogP contribution is 2.61. The maximum atomic E-state index is 10.6. The number of hydrogen-bond acceptors (Lipinski definition) is 2. The summed E-state index contributed by atoms with van der Waals surface area (Å²) in [7, 11) is 0. The summed E-state index contributed by atoms with van der Waals surface area (Å²) < 4.78 is 4.94. The van der Waals surface area contributed by atoms with E-state index in [2.05, 4.69) is 20.8 Å². The third kappa shape index (κ3) is 2.73. The molecule has 2 heteroatoms. The molecule has 0 spiro atoms. The second-order valence-electron chi connectivity index (χ2n) is 5.47. The Morgan fingerprint density at radius 3 is 2.29 bits per heavy atom. The molecule has 0 N–H and O–H groups in total. The maximum Gasteiger partial charge on any atom is 0.302 e. The van der Waals surface area contributed by atoms with Crippen LogP contribution in [-0.4, -0.2) is 12.6 Å². The van der Waals surface area contributed by atoms with Gasteiger partial charge < -0.3 is 4.74 Å². The number of rotatable bonds is 4. The number of carbonyl (C=O) groups excluding carboxylic acids is 1. The Hall–Kier alpha value is -0.530. The molecular weight excluding hydrogens is 176 g/mol. The van der Waals surface area contributed by atoms with Gasteiger partial charge in [0.2, 0.25) is 0 Å². The molecule has 0 saturated heterocycles. The molecule has 1 rings (SSSR count). The van der Waals surface area contributed by atoms with Crippen molar-refractivity contribution in [3.63, 3.8) is 0 Å². The van der Waals surface area contributed by atoms with Crippen LogP contribution in [0, 0.1) is 10.8 Å². The highest BCUT2D eigenvalue weighted by Gasteiger charge is 2.50. The van der Waals surface area contributed by atoms with Crippen LogP contribution in [0.15, 0.2) is 0 Å². The van der Waals surface area contributed by atoms with Crippen molar-refractivity contribution in [3.05, 3.63) is 0 Å². The molecule has 14 heavy (non-hydrogen) atoms. The van der Waals surface area contributed by atoms with E-state index < -0.39 is 0 Å². The van der Waals surface area contributed by atoms with E-state index >= 15 is 0 Å². The van der Waals surface area contributed by atoms with Crippen molar-refractivity contribution in [1.82, 2.24) is 0 Å². The lowest BCUT2D eigenvalue weighted by Gasteiger charge is -2.30. The summed E-state index contributed by atoms with van der Waals surface area (Å²) in [5, 5.41) is 0. The lowest BCUT2D eigenvalue weighted by molar-refractivity contribution is -0.141. The van der Waals surface area contributed by atoms with Crippen molar-refractivity contribution in [2.75, 3.05) is 6.61 Å². The predicted octanol–water partition coefficient (Wildman–Crippen LogP) is 3.16. The van der Waals surface area contributed by atoms with E-state index in [1.807, 2.05) is 0 Å². The van der Waals surface area contributed by atoms with Crippen LogP contribution < -0.4 is 0 Å². The van der Waals surface area contributed by atoms with E-state index in [1.54, 1.807) is 0 Å². The summed E-state index contributed by atoms with van der Waals surface area (Å²) in [5.74, 6) is -0.161. The molecule has 0 bridgehead atoms. The Kier molecular flexibility index (Phi) is 3.23.